The molecule has 0 fully saturated rings. The molecule has 0 amide bonds. The van der Waals surface area contributed by atoms with Gasteiger partial charge in [-0.1, -0.05) is 12.1 Å². The van der Waals surface area contributed by atoms with E-state index < -0.39 is 11.2 Å². The van der Waals surface area contributed by atoms with Crippen molar-refractivity contribution in [2.24, 2.45) is 0 Å². The zero-order chi connectivity index (χ0) is 21.5. The van der Waals surface area contributed by atoms with Gasteiger partial charge in [-0.15, -0.1) is 0 Å². The number of hydrogen-bond donors (Lipinski definition) is 0. The summed E-state index contributed by atoms with van der Waals surface area (Å²) in [4.78, 5) is 20.3. The second kappa shape index (κ2) is 9.69. The van der Waals surface area contributed by atoms with E-state index in [1.54, 1.807) is 7.11 Å². The third-order valence-corrected chi connectivity index (χ3v) is 3.78. The van der Waals surface area contributed by atoms with Gasteiger partial charge in [0.25, 0.3) is 0 Å². The first-order valence-corrected chi connectivity index (χ1v) is 9.49. The fourth-order valence-electron chi connectivity index (χ4n) is 2.32. The molecule has 7 nitrogen and oxygen atoms in total. The van der Waals surface area contributed by atoms with Gasteiger partial charge in [0.2, 0.25) is 5.88 Å². The van der Waals surface area contributed by atoms with Crippen molar-refractivity contribution in [3.8, 4) is 11.6 Å². The maximum absolute atomic E-state index is 11.9. The molecule has 158 valence electrons. The first-order valence-electron chi connectivity index (χ1n) is 9.49. The first kappa shape index (κ1) is 22.6. The molecule has 1 aromatic carbocycles. The number of rotatable bonds is 9. The van der Waals surface area contributed by atoms with Crippen molar-refractivity contribution in [2.45, 2.75) is 58.8 Å². The Morgan fingerprint density at radius 2 is 1.69 bits per heavy atom. The van der Waals surface area contributed by atoms with E-state index >= 15 is 0 Å². The van der Waals surface area contributed by atoms with Crippen molar-refractivity contribution >= 4 is 5.97 Å². The lowest BCUT2D eigenvalue weighted by atomic mass is 10.1. The van der Waals surface area contributed by atoms with Gasteiger partial charge in [-0.2, -0.15) is 0 Å². The smallest absolute Gasteiger partial charge is 0.312 e. The molecule has 2 rings (SSSR count). The minimum Gasteiger partial charge on any atom is -0.497 e. The Labute approximate surface area is 172 Å². The second-order valence-corrected chi connectivity index (χ2v) is 8.29. The lowest BCUT2D eigenvalue weighted by Gasteiger charge is -2.25. The summed E-state index contributed by atoms with van der Waals surface area (Å²) >= 11 is 0. The highest BCUT2D eigenvalue weighted by atomic mass is 16.6. The molecule has 0 N–H and O–H groups in total. The first-order chi connectivity index (χ1) is 13.6. The van der Waals surface area contributed by atoms with Crippen LogP contribution in [0.25, 0.3) is 0 Å². The molecular formula is C22H30N2O5. The highest BCUT2D eigenvalue weighted by Crippen LogP contribution is 2.18. The summed E-state index contributed by atoms with van der Waals surface area (Å²) in [5, 5.41) is 0. The third kappa shape index (κ3) is 8.48. The van der Waals surface area contributed by atoms with Crippen LogP contribution in [0.3, 0.4) is 0 Å². The van der Waals surface area contributed by atoms with Gasteiger partial charge in [-0.25, -0.2) is 4.98 Å². The molecule has 0 radical (unpaired) electrons. The fraction of sp³-hybridized carbons (Fsp3) is 0.500. The van der Waals surface area contributed by atoms with Crippen molar-refractivity contribution in [3.05, 3.63) is 47.9 Å². The monoisotopic (exact) mass is 402 g/mol. The van der Waals surface area contributed by atoms with E-state index in [4.69, 9.17) is 18.9 Å². The number of carbonyl (C=O) groups excluding carboxylic acids is 1. The Morgan fingerprint density at radius 3 is 2.24 bits per heavy atom. The van der Waals surface area contributed by atoms with Gasteiger partial charge >= 0.3 is 5.97 Å². The predicted octanol–water partition coefficient (Wildman–Crippen LogP) is 3.74. The molecule has 1 aromatic heterocycles. The van der Waals surface area contributed by atoms with Gasteiger partial charge in [0, 0.05) is 0 Å². The van der Waals surface area contributed by atoms with E-state index in [1.165, 1.54) is 12.4 Å². The Kier molecular flexibility index (Phi) is 7.56. The van der Waals surface area contributed by atoms with Gasteiger partial charge < -0.3 is 18.9 Å². The van der Waals surface area contributed by atoms with E-state index in [9.17, 15) is 4.79 Å². The van der Waals surface area contributed by atoms with Gasteiger partial charge in [0.1, 0.15) is 18.0 Å². The normalized spacial score (nSPS) is 11.8. The number of carbonyl (C=O) groups is 1. The van der Waals surface area contributed by atoms with Crippen molar-refractivity contribution in [3.63, 3.8) is 0 Å². The molecule has 29 heavy (non-hydrogen) atoms. The van der Waals surface area contributed by atoms with E-state index in [0.717, 1.165) is 11.3 Å². The average molecular weight is 402 g/mol. The van der Waals surface area contributed by atoms with Crippen molar-refractivity contribution in [1.82, 2.24) is 9.97 Å². The lowest BCUT2D eigenvalue weighted by Crippen LogP contribution is -2.32. The van der Waals surface area contributed by atoms with Crippen molar-refractivity contribution < 1.29 is 23.7 Å². The zero-order valence-corrected chi connectivity index (χ0v) is 18.0. The fourth-order valence-corrected chi connectivity index (χ4v) is 2.32. The predicted molar refractivity (Wildman–Crippen MR) is 109 cm³/mol. The number of benzene rings is 1. The van der Waals surface area contributed by atoms with Crippen LogP contribution >= 0.6 is 0 Å². The van der Waals surface area contributed by atoms with Crippen LogP contribution in [-0.2, 0) is 27.3 Å². The summed E-state index contributed by atoms with van der Waals surface area (Å²) in [7, 11) is 1.64. The Bertz CT molecular complexity index is 780. The molecule has 0 saturated heterocycles. The second-order valence-electron chi connectivity index (χ2n) is 8.29. The Balaban J connectivity index is 1.80. The number of methoxy groups -OCH3 is 1. The molecule has 0 spiro atoms. The molecule has 0 aliphatic heterocycles. The topological polar surface area (TPSA) is 79.8 Å². The minimum absolute atomic E-state index is 0.0705. The highest BCUT2D eigenvalue weighted by Gasteiger charge is 2.21. The SMILES string of the molecule is COc1ccc(COC(C)(C)COc2cnc(CC(=O)OC(C)(C)C)cn2)cc1. The summed E-state index contributed by atoms with van der Waals surface area (Å²) in [5.41, 5.74) is 0.536. The molecule has 7 heteroatoms. The molecule has 0 bridgehead atoms. The van der Waals surface area contributed by atoms with Crippen molar-refractivity contribution in [2.75, 3.05) is 13.7 Å². The molecule has 0 saturated carbocycles. The Hall–Kier alpha value is -2.67. The summed E-state index contributed by atoms with van der Waals surface area (Å²) < 4.78 is 22.1. The summed E-state index contributed by atoms with van der Waals surface area (Å²) in [6.07, 6.45) is 3.09. The van der Waals surface area contributed by atoms with E-state index in [1.807, 2.05) is 58.9 Å². The number of esters is 1. The minimum atomic E-state index is -0.523. The van der Waals surface area contributed by atoms with E-state index in [-0.39, 0.29) is 12.4 Å². The quantitative estimate of drug-likeness (QED) is 0.591. The molecule has 0 atom stereocenters. The van der Waals surface area contributed by atoms with Crippen LogP contribution in [0.4, 0.5) is 0 Å². The van der Waals surface area contributed by atoms with Crippen LogP contribution in [-0.4, -0.2) is 40.9 Å². The standard InChI is InChI=1S/C22H30N2O5/c1-21(2,3)29-20(25)11-17-12-24-19(13-23-17)27-15-22(4,5)28-14-16-7-9-18(26-6)10-8-16/h7-10,12-13H,11,14-15H2,1-6H3. The number of aromatic nitrogens is 2. The Morgan fingerprint density at radius 1 is 1.00 bits per heavy atom. The van der Waals surface area contributed by atoms with Gasteiger partial charge in [0.15, 0.2) is 0 Å². The summed E-state index contributed by atoms with van der Waals surface area (Å²) in [5.74, 6) is 0.845. The molecule has 2 aromatic rings. The van der Waals surface area contributed by atoms with Crippen LogP contribution < -0.4 is 9.47 Å². The third-order valence-electron chi connectivity index (χ3n) is 3.78. The number of nitrogens with zero attached hydrogens (tertiary/aromatic N) is 2. The molecule has 0 unspecified atom stereocenters. The van der Waals surface area contributed by atoms with E-state index in [0.29, 0.717) is 24.8 Å². The molecular weight excluding hydrogens is 372 g/mol. The highest BCUT2D eigenvalue weighted by molar-refractivity contribution is 5.72. The van der Waals surface area contributed by atoms with E-state index in [2.05, 4.69) is 9.97 Å². The van der Waals surface area contributed by atoms with Crippen LogP contribution in [0.1, 0.15) is 45.9 Å². The molecule has 0 aliphatic carbocycles. The maximum Gasteiger partial charge on any atom is 0.312 e. The average Bonchev–Trinajstić information content (AvgIpc) is 2.65. The maximum atomic E-state index is 11.9. The number of ether oxygens (including phenoxy) is 4. The van der Waals surface area contributed by atoms with Crippen LogP contribution in [0, 0.1) is 0 Å². The van der Waals surface area contributed by atoms with Gasteiger partial charge in [0.05, 0.1) is 43.8 Å². The lowest BCUT2D eigenvalue weighted by molar-refractivity contribution is -0.154. The summed E-state index contributed by atoms with van der Waals surface area (Å²) in [6.45, 7) is 10.1. The zero-order valence-electron chi connectivity index (χ0n) is 18.0. The van der Waals surface area contributed by atoms with Gasteiger partial charge in [-0.3, -0.25) is 9.78 Å². The largest absolute Gasteiger partial charge is 0.497 e. The van der Waals surface area contributed by atoms with Crippen LogP contribution in [0.15, 0.2) is 36.7 Å². The van der Waals surface area contributed by atoms with Crippen LogP contribution in [0.2, 0.25) is 0 Å². The van der Waals surface area contributed by atoms with Crippen LogP contribution in [0.5, 0.6) is 11.6 Å². The van der Waals surface area contributed by atoms with Crippen molar-refractivity contribution in [1.29, 1.82) is 0 Å². The van der Waals surface area contributed by atoms with Gasteiger partial charge in [-0.05, 0) is 52.3 Å². The molecule has 1 heterocycles. The molecule has 0 aliphatic rings. The summed E-state index contributed by atoms with van der Waals surface area (Å²) in [6, 6.07) is 7.72. The number of hydrogen-bond acceptors (Lipinski definition) is 7.